The van der Waals surface area contributed by atoms with Gasteiger partial charge >= 0.3 is 6.02 Å². The number of amidine groups is 1. The zero-order chi connectivity index (χ0) is 24.5. The van der Waals surface area contributed by atoms with Crippen molar-refractivity contribution in [2.45, 2.75) is 18.3 Å². The molecule has 0 aliphatic carbocycles. The molecule has 3 aromatic carbocycles. The van der Waals surface area contributed by atoms with Crippen LogP contribution in [0.3, 0.4) is 0 Å². The van der Waals surface area contributed by atoms with Gasteiger partial charge in [0.25, 0.3) is 0 Å². The van der Waals surface area contributed by atoms with Gasteiger partial charge in [0.1, 0.15) is 16.5 Å². The van der Waals surface area contributed by atoms with Crippen LogP contribution in [0.25, 0.3) is 0 Å². The lowest BCUT2D eigenvalue weighted by Gasteiger charge is -2.43. The molecule has 0 saturated carbocycles. The normalized spacial score (nSPS) is 15.1. The van der Waals surface area contributed by atoms with Gasteiger partial charge in [-0.2, -0.15) is 5.26 Å². The molecule has 0 atom stereocenters. The molecule has 1 saturated heterocycles. The number of nitriles is 1. The van der Waals surface area contributed by atoms with Crippen molar-refractivity contribution in [3.8, 4) is 17.7 Å². The highest BCUT2D eigenvalue weighted by Gasteiger charge is 2.37. The van der Waals surface area contributed by atoms with E-state index in [0.717, 1.165) is 24.2 Å². The predicted octanol–water partition coefficient (Wildman–Crippen LogP) is 4.91. The molecule has 35 heavy (non-hydrogen) atoms. The van der Waals surface area contributed by atoms with Gasteiger partial charge < -0.3 is 19.7 Å². The average Bonchev–Trinajstić information content (AvgIpc) is 2.93. The molecule has 0 amide bonds. The molecular formula is C28H28N4O2S. The number of aliphatic imine (C=N–C) groups is 1. The lowest BCUT2D eigenvalue weighted by molar-refractivity contribution is 0.204. The van der Waals surface area contributed by atoms with Crippen molar-refractivity contribution in [2.75, 3.05) is 26.7 Å². The fourth-order valence-corrected chi connectivity index (χ4v) is 4.70. The maximum absolute atomic E-state index is 9.24. The van der Waals surface area contributed by atoms with Gasteiger partial charge in [-0.15, -0.1) is 4.99 Å². The van der Waals surface area contributed by atoms with Gasteiger partial charge in [0, 0.05) is 25.0 Å². The van der Waals surface area contributed by atoms with Crippen molar-refractivity contribution >= 4 is 23.2 Å². The van der Waals surface area contributed by atoms with Crippen LogP contribution in [0.5, 0.6) is 11.5 Å². The van der Waals surface area contributed by atoms with Gasteiger partial charge in [0.2, 0.25) is 6.19 Å². The lowest BCUT2D eigenvalue weighted by atomic mass is 9.72. The summed E-state index contributed by atoms with van der Waals surface area (Å²) in [4.78, 5) is 6.68. The van der Waals surface area contributed by atoms with Crippen molar-refractivity contribution in [3.63, 3.8) is 0 Å². The summed E-state index contributed by atoms with van der Waals surface area (Å²) < 4.78 is 11.4. The Balaban J connectivity index is 1.51. The Morgan fingerprint density at radius 1 is 1.00 bits per heavy atom. The van der Waals surface area contributed by atoms with Gasteiger partial charge in [-0.3, -0.25) is 0 Å². The molecule has 3 aromatic rings. The second-order valence-electron chi connectivity index (χ2n) is 8.43. The smallest absolute Gasteiger partial charge is 0.308 e. The molecule has 0 bridgehead atoms. The first kappa shape index (κ1) is 24.2. The number of piperidine rings is 1. The standard InChI is InChI=1S/C28H28N4O2S/c1-33-25-15-9-8-14-24(25)26(35)30-20-28(22-10-4-2-5-11-22)16-18-32(19-17-28)27(31-21-29)34-23-12-6-3-7-13-23/h2-15H,16-20H2,1H3,(H,30,35). The lowest BCUT2D eigenvalue weighted by Crippen LogP contribution is -2.51. The summed E-state index contributed by atoms with van der Waals surface area (Å²) in [5.41, 5.74) is 2.01. The topological polar surface area (TPSA) is 69.9 Å². The van der Waals surface area contributed by atoms with Gasteiger partial charge in [-0.25, -0.2) is 0 Å². The Morgan fingerprint density at radius 2 is 1.63 bits per heavy atom. The number of para-hydroxylation sites is 2. The zero-order valence-corrected chi connectivity index (χ0v) is 20.5. The largest absolute Gasteiger partial charge is 0.496 e. The fraction of sp³-hybridized carbons (Fsp3) is 0.250. The molecule has 178 valence electrons. The van der Waals surface area contributed by atoms with Crippen LogP contribution in [0.4, 0.5) is 0 Å². The Hall–Kier alpha value is -3.89. The summed E-state index contributed by atoms with van der Waals surface area (Å²) in [5.74, 6) is 1.41. The van der Waals surface area contributed by atoms with Crippen molar-refractivity contribution < 1.29 is 9.47 Å². The maximum Gasteiger partial charge on any atom is 0.308 e. The van der Waals surface area contributed by atoms with Crippen molar-refractivity contribution in [3.05, 3.63) is 96.1 Å². The summed E-state index contributed by atoms with van der Waals surface area (Å²) in [6.07, 6.45) is 3.58. The van der Waals surface area contributed by atoms with Crippen LogP contribution in [-0.4, -0.2) is 42.7 Å². The highest BCUT2D eigenvalue weighted by Crippen LogP contribution is 2.35. The van der Waals surface area contributed by atoms with Crippen LogP contribution in [-0.2, 0) is 5.41 Å². The number of nitrogens with zero attached hydrogens (tertiary/aromatic N) is 3. The predicted molar refractivity (Wildman–Crippen MR) is 142 cm³/mol. The van der Waals surface area contributed by atoms with Crippen LogP contribution in [0.2, 0.25) is 0 Å². The number of thiocarbonyl (C=S) groups is 1. The zero-order valence-electron chi connectivity index (χ0n) is 19.7. The van der Waals surface area contributed by atoms with Crippen LogP contribution >= 0.6 is 12.2 Å². The highest BCUT2D eigenvalue weighted by molar-refractivity contribution is 7.80. The van der Waals surface area contributed by atoms with Gasteiger partial charge in [-0.1, -0.05) is 72.9 Å². The number of methoxy groups -OCH3 is 1. The molecule has 0 aromatic heterocycles. The molecule has 0 spiro atoms. The second-order valence-corrected chi connectivity index (χ2v) is 8.83. The molecule has 4 rings (SSSR count). The van der Waals surface area contributed by atoms with E-state index in [1.165, 1.54) is 5.56 Å². The quantitative estimate of drug-likeness (QED) is 0.232. The highest BCUT2D eigenvalue weighted by atomic mass is 32.1. The Morgan fingerprint density at radius 3 is 2.29 bits per heavy atom. The number of likely N-dealkylation sites (tertiary alicyclic amines) is 1. The fourth-order valence-electron chi connectivity index (χ4n) is 4.46. The molecule has 1 fully saturated rings. The van der Waals surface area contributed by atoms with Gasteiger partial charge in [0.05, 0.1) is 12.7 Å². The third-order valence-corrected chi connectivity index (χ3v) is 6.78. The first-order valence-corrected chi connectivity index (χ1v) is 12.0. The molecule has 1 aliphatic heterocycles. The summed E-state index contributed by atoms with van der Waals surface area (Å²) in [6, 6.07) is 28.1. The molecule has 1 N–H and O–H groups in total. The van der Waals surface area contributed by atoms with E-state index in [2.05, 4.69) is 34.6 Å². The minimum atomic E-state index is -0.131. The molecule has 6 nitrogen and oxygen atoms in total. The van der Waals surface area contributed by atoms with E-state index in [-0.39, 0.29) is 5.41 Å². The minimum absolute atomic E-state index is 0.131. The number of nitrogens with one attached hydrogen (secondary N) is 1. The third-order valence-electron chi connectivity index (χ3n) is 6.41. The Bertz CT molecular complexity index is 1200. The van der Waals surface area contributed by atoms with Gasteiger partial charge in [0.15, 0.2) is 0 Å². The van der Waals surface area contributed by atoms with E-state index >= 15 is 0 Å². The summed E-state index contributed by atoms with van der Waals surface area (Å²) in [5, 5.41) is 12.8. The SMILES string of the molecule is COc1ccccc1C(=S)NCC1(c2ccccc2)CCN(C(=NC#N)Oc2ccccc2)CC1. The van der Waals surface area contributed by atoms with E-state index in [4.69, 9.17) is 21.7 Å². The number of rotatable bonds is 6. The number of benzene rings is 3. The van der Waals surface area contributed by atoms with Crippen LogP contribution in [0, 0.1) is 11.5 Å². The first-order valence-electron chi connectivity index (χ1n) is 11.6. The third kappa shape index (κ3) is 5.79. The second kappa shape index (κ2) is 11.5. The van der Waals surface area contributed by atoms with E-state index in [9.17, 15) is 5.26 Å². The van der Waals surface area contributed by atoms with E-state index in [0.29, 0.717) is 36.4 Å². The summed E-state index contributed by atoms with van der Waals surface area (Å²) in [7, 11) is 1.65. The Kier molecular flexibility index (Phi) is 7.96. The van der Waals surface area contributed by atoms with Crippen molar-refractivity contribution in [2.24, 2.45) is 4.99 Å². The molecule has 1 aliphatic rings. The van der Waals surface area contributed by atoms with Gasteiger partial charge in [-0.05, 0) is 42.7 Å². The molecule has 1 heterocycles. The Labute approximate surface area is 211 Å². The van der Waals surface area contributed by atoms with Crippen LogP contribution < -0.4 is 14.8 Å². The van der Waals surface area contributed by atoms with Crippen LogP contribution in [0.15, 0.2) is 89.9 Å². The first-order chi connectivity index (χ1) is 17.1. The maximum atomic E-state index is 9.24. The minimum Gasteiger partial charge on any atom is -0.496 e. The summed E-state index contributed by atoms with van der Waals surface area (Å²) in [6.45, 7) is 2.09. The molecule has 7 heteroatoms. The number of hydrogen-bond donors (Lipinski definition) is 1. The summed E-state index contributed by atoms with van der Waals surface area (Å²) >= 11 is 5.74. The van der Waals surface area contributed by atoms with E-state index < -0.39 is 0 Å². The van der Waals surface area contributed by atoms with Crippen molar-refractivity contribution in [1.29, 1.82) is 5.26 Å². The monoisotopic (exact) mass is 484 g/mol. The number of ether oxygens (including phenoxy) is 2. The molecule has 0 radical (unpaired) electrons. The van der Waals surface area contributed by atoms with Crippen LogP contribution in [0.1, 0.15) is 24.0 Å². The average molecular weight is 485 g/mol. The van der Waals surface area contributed by atoms with E-state index in [1.807, 2.05) is 71.8 Å². The van der Waals surface area contributed by atoms with E-state index in [1.54, 1.807) is 7.11 Å². The van der Waals surface area contributed by atoms with Crippen molar-refractivity contribution in [1.82, 2.24) is 10.2 Å². The molecular weight excluding hydrogens is 456 g/mol. The number of hydrogen-bond acceptors (Lipinski definition) is 5. The molecule has 0 unspecified atom stereocenters.